The van der Waals surface area contributed by atoms with Crippen LogP contribution in [0.3, 0.4) is 0 Å². The molecule has 0 amide bonds. The molecule has 0 saturated carbocycles. The van der Waals surface area contributed by atoms with Crippen molar-refractivity contribution < 1.29 is 9.52 Å². The molecule has 3 atom stereocenters. The summed E-state index contributed by atoms with van der Waals surface area (Å²) in [6, 6.07) is 4.71. The van der Waals surface area contributed by atoms with Gasteiger partial charge >= 0.3 is 0 Å². The zero-order valence-corrected chi connectivity index (χ0v) is 10.4. The van der Waals surface area contributed by atoms with Gasteiger partial charge < -0.3 is 14.8 Å². The van der Waals surface area contributed by atoms with Crippen LogP contribution in [0.4, 0.5) is 0 Å². The van der Waals surface area contributed by atoms with Crippen LogP contribution in [-0.4, -0.2) is 23.8 Å². The zero-order valence-electron chi connectivity index (χ0n) is 10.4. The molecule has 0 radical (unpaired) electrons. The molecule has 92 valence electrons. The first kappa shape index (κ1) is 13.3. The third kappa shape index (κ3) is 4.37. The molecule has 3 nitrogen and oxygen atoms in total. The Morgan fingerprint density at radius 1 is 1.38 bits per heavy atom. The molecule has 1 aromatic rings. The number of hydrogen-bond acceptors (Lipinski definition) is 3. The van der Waals surface area contributed by atoms with Crippen LogP contribution in [0, 0.1) is 5.92 Å². The van der Waals surface area contributed by atoms with Crippen molar-refractivity contribution in [2.45, 2.75) is 45.7 Å². The molecule has 0 spiro atoms. The van der Waals surface area contributed by atoms with E-state index < -0.39 is 0 Å². The maximum absolute atomic E-state index is 9.04. The molecule has 3 unspecified atom stereocenters. The summed E-state index contributed by atoms with van der Waals surface area (Å²) in [5, 5.41) is 12.5. The number of aliphatic hydroxyl groups is 1. The van der Waals surface area contributed by atoms with E-state index in [1.807, 2.05) is 12.1 Å². The average Bonchev–Trinajstić information content (AvgIpc) is 2.78. The summed E-state index contributed by atoms with van der Waals surface area (Å²) in [7, 11) is 0. The molecule has 2 N–H and O–H groups in total. The van der Waals surface area contributed by atoms with Crippen LogP contribution < -0.4 is 5.32 Å². The average molecular weight is 225 g/mol. The van der Waals surface area contributed by atoms with Crippen LogP contribution in [-0.2, 0) is 6.42 Å². The zero-order chi connectivity index (χ0) is 12.0. The molecule has 1 aromatic heterocycles. The van der Waals surface area contributed by atoms with Gasteiger partial charge in [0.25, 0.3) is 0 Å². The monoisotopic (exact) mass is 225 g/mol. The van der Waals surface area contributed by atoms with Crippen molar-refractivity contribution in [1.82, 2.24) is 5.32 Å². The van der Waals surface area contributed by atoms with Gasteiger partial charge in [-0.2, -0.15) is 0 Å². The Hall–Kier alpha value is -0.800. The fraction of sp³-hybridized carbons (Fsp3) is 0.692. The Balaban J connectivity index is 2.22. The molecule has 0 aliphatic rings. The second kappa shape index (κ2) is 6.71. The highest BCUT2D eigenvalue weighted by molar-refractivity contribution is 4.98. The predicted octanol–water partition coefficient (Wildman–Crippen LogP) is 2.21. The number of aliphatic hydroxyl groups excluding tert-OH is 1. The van der Waals surface area contributed by atoms with Crippen LogP contribution in [0.2, 0.25) is 0 Å². The molecule has 0 fully saturated rings. The van der Waals surface area contributed by atoms with E-state index in [1.165, 1.54) is 0 Å². The first-order valence-electron chi connectivity index (χ1n) is 6.02. The Morgan fingerprint density at radius 3 is 2.69 bits per heavy atom. The standard InChI is InChI=1S/C13H23NO2/c1-10(9-15)12(3)14-11(2)6-7-13-5-4-8-16-13/h4-5,8,10-12,14-15H,6-7,9H2,1-3H3. The van der Waals surface area contributed by atoms with E-state index in [-0.39, 0.29) is 6.61 Å². The predicted molar refractivity (Wildman–Crippen MR) is 65.3 cm³/mol. The van der Waals surface area contributed by atoms with Crippen LogP contribution in [0.25, 0.3) is 0 Å². The third-order valence-electron chi connectivity index (χ3n) is 3.09. The highest BCUT2D eigenvalue weighted by Gasteiger charge is 2.13. The van der Waals surface area contributed by atoms with E-state index >= 15 is 0 Å². The molecule has 0 aliphatic carbocycles. The largest absolute Gasteiger partial charge is 0.469 e. The summed E-state index contributed by atoms with van der Waals surface area (Å²) >= 11 is 0. The lowest BCUT2D eigenvalue weighted by Gasteiger charge is -2.23. The smallest absolute Gasteiger partial charge is 0.103 e. The van der Waals surface area contributed by atoms with Crippen molar-refractivity contribution in [3.8, 4) is 0 Å². The first-order chi connectivity index (χ1) is 7.63. The highest BCUT2D eigenvalue weighted by atomic mass is 16.3. The Bertz CT molecular complexity index is 271. The summed E-state index contributed by atoms with van der Waals surface area (Å²) in [6.45, 7) is 6.57. The van der Waals surface area contributed by atoms with E-state index in [4.69, 9.17) is 9.52 Å². The molecule has 16 heavy (non-hydrogen) atoms. The van der Waals surface area contributed by atoms with Gasteiger partial charge in [0.1, 0.15) is 5.76 Å². The number of hydrogen-bond donors (Lipinski definition) is 2. The van der Waals surface area contributed by atoms with E-state index in [2.05, 4.69) is 26.1 Å². The molecule has 0 saturated heterocycles. The maximum Gasteiger partial charge on any atom is 0.103 e. The number of aryl methyl sites for hydroxylation is 1. The second-order valence-electron chi connectivity index (χ2n) is 4.63. The van der Waals surface area contributed by atoms with Gasteiger partial charge in [-0.25, -0.2) is 0 Å². The maximum atomic E-state index is 9.04. The normalized spacial score (nSPS) is 17.0. The van der Waals surface area contributed by atoms with Gasteiger partial charge in [-0.05, 0) is 38.3 Å². The van der Waals surface area contributed by atoms with Crippen molar-refractivity contribution in [2.24, 2.45) is 5.92 Å². The van der Waals surface area contributed by atoms with Crippen molar-refractivity contribution in [3.05, 3.63) is 24.2 Å². The summed E-state index contributed by atoms with van der Waals surface area (Å²) in [6.07, 6.45) is 3.72. The molecular weight excluding hydrogens is 202 g/mol. The molecule has 0 bridgehead atoms. The minimum Gasteiger partial charge on any atom is -0.469 e. The SMILES string of the molecule is CC(CCc1ccco1)NC(C)C(C)CO. The third-order valence-corrected chi connectivity index (χ3v) is 3.09. The van der Waals surface area contributed by atoms with Crippen molar-refractivity contribution in [1.29, 1.82) is 0 Å². The lowest BCUT2D eigenvalue weighted by atomic mass is 10.0. The number of nitrogens with one attached hydrogen (secondary N) is 1. The van der Waals surface area contributed by atoms with Gasteiger partial charge in [0.05, 0.1) is 6.26 Å². The highest BCUT2D eigenvalue weighted by Crippen LogP contribution is 2.08. The quantitative estimate of drug-likeness (QED) is 0.748. The molecule has 0 aliphatic heterocycles. The van der Waals surface area contributed by atoms with Crippen molar-refractivity contribution >= 4 is 0 Å². The van der Waals surface area contributed by atoms with Gasteiger partial charge in [0, 0.05) is 25.1 Å². The fourth-order valence-electron chi connectivity index (χ4n) is 1.67. The van der Waals surface area contributed by atoms with E-state index in [9.17, 15) is 0 Å². The van der Waals surface area contributed by atoms with E-state index in [0.717, 1.165) is 18.6 Å². The van der Waals surface area contributed by atoms with Crippen molar-refractivity contribution in [3.63, 3.8) is 0 Å². The van der Waals surface area contributed by atoms with Gasteiger partial charge in [0.15, 0.2) is 0 Å². The van der Waals surface area contributed by atoms with Gasteiger partial charge in [-0.1, -0.05) is 6.92 Å². The first-order valence-corrected chi connectivity index (χ1v) is 6.02. The van der Waals surface area contributed by atoms with Crippen LogP contribution in [0.1, 0.15) is 33.0 Å². The van der Waals surface area contributed by atoms with Gasteiger partial charge in [0.2, 0.25) is 0 Å². The summed E-state index contributed by atoms with van der Waals surface area (Å²) in [4.78, 5) is 0. The lowest BCUT2D eigenvalue weighted by Crippen LogP contribution is -2.39. The molecular formula is C13H23NO2. The summed E-state index contributed by atoms with van der Waals surface area (Å²) < 4.78 is 5.29. The van der Waals surface area contributed by atoms with E-state index in [1.54, 1.807) is 6.26 Å². The number of furan rings is 1. The summed E-state index contributed by atoms with van der Waals surface area (Å²) in [5.74, 6) is 1.34. The Kier molecular flexibility index (Phi) is 5.56. The minimum absolute atomic E-state index is 0.235. The Labute approximate surface area is 97.9 Å². The molecule has 1 heterocycles. The molecule has 0 aromatic carbocycles. The lowest BCUT2D eigenvalue weighted by molar-refractivity contribution is 0.201. The summed E-state index contributed by atoms with van der Waals surface area (Å²) in [5.41, 5.74) is 0. The number of rotatable bonds is 7. The Morgan fingerprint density at radius 2 is 2.12 bits per heavy atom. The van der Waals surface area contributed by atoms with Crippen molar-refractivity contribution in [2.75, 3.05) is 6.61 Å². The molecule has 3 heteroatoms. The van der Waals surface area contributed by atoms with Gasteiger partial charge in [-0.3, -0.25) is 0 Å². The van der Waals surface area contributed by atoms with Crippen LogP contribution in [0.15, 0.2) is 22.8 Å². The van der Waals surface area contributed by atoms with Crippen LogP contribution >= 0.6 is 0 Å². The van der Waals surface area contributed by atoms with Crippen LogP contribution in [0.5, 0.6) is 0 Å². The van der Waals surface area contributed by atoms with Gasteiger partial charge in [-0.15, -0.1) is 0 Å². The topological polar surface area (TPSA) is 45.4 Å². The minimum atomic E-state index is 0.235. The molecule has 1 rings (SSSR count). The van der Waals surface area contributed by atoms with E-state index in [0.29, 0.717) is 18.0 Å². The fourth-order valence-corrected chi connectivity index (χ4v) is 1.67. The second-order valence-corrected chi connectivity index (χ2v) is 4.63.